The van der Waals surface area contributed by atoms with Crippen LogP contribution in [0.3, 0.4) is 0 Å². The van der Waals surface area contributed by atoms with Crippen molar-refractivity contribution in [1.29, 1.82) is 0 Å². The highest BCUT2D eigenvalue weighted by atomic mass is 35.5. The summed E-state index contributed by atoms with van der Waals surface area (Å²) in [6.07, 6.45) is 4.38. The summed E-state index contributed by atoms with van der Waals surface area (Å²) in [6.45, 7) is 8.42. The third kappa shape index (κ3) is 3.79. The minimum absolute atomic E-state index is 0.164. The van der Waals surface area contributed by atoms with E-state index >= 15 is 0 Å². The van der Waals surface area contributed by atoms with Crippen molar-refractivity contribution in [2.24, 2.45) is 11.8 Å². The fraction of sp³-hybridized carbons (Fsp3) is 0.611. The molecule has 1 aliphatic rings. The second-order valence-electron chi connectivity index (χ2n) is 6.69. The largest absolute Gasteiger partial charge is 0.310 e. The van der Waals surface area contributed by atoms with Crippen molar-refractivity contribution in [3.63, 3.8) is 0 Å². The number of halogens is 1. The van der Waals surface area contributed by atoms with Crippen molar-refractivity contribution < 1.29 is 4.79 Å². The van der Waals surface area contributed by atoms with Gasteiger partial charge in [-0.15, -0.1) is 0 Å². The predicted molar refractivity (Wildman–Crippen MR) is 89.9 cm³/mol. The zero-order valence-electron chi connectivity index (χ0n) is 13.5. The normalized spacial score (nSPS) is 22.4. The van der Waals surface area contributed by atoms with Gasteiger partial charge in [0.15, 0.2) is 0 Å². The number of benzene rings is 1. The molecular formula is C18H26ClNO. The first-order valence-corrected chi connectivity index (χ1v) is 8.37. The number of hydrogen-bond donors (Lipinski definition) is 0. The zero-order valence-corrected chi connectivity index (χ0v) is 14.3. The number of aryl methyl sites for hydroxylation is 1. The molecule has 0 saturated heterocycles. The van der Waals surface area contributed by atoms with Crippen molar-refractivity contribution in [1.82, 2.24) is 0 Å². The van der Waals surface area contributed by atoms with Gasteiger partial charge < -0.3 is 4.90 Å². The van der Waals surface area contributed by atoms with Gasteiger partial charge in [-0.3, -0.25) is 4.79 Å². The minimum atomic E-state index is 0.164. The number of rotatable bonds is 3. The first-order valence-electron chi connectivity index (χ1n) is 7.99. The highest BCUT2D eigenvalue weighted by Crippen LogP contribution is 2.32. The van der Waals surface area contributed by atoms with E-state index < -0.39 is 0 Å². The van der Waals surface area contributed by atoms with Gasteiger partial charge in [-0.05, 0) is 76.1 Å². The van der Waals surface area contributed by atoms with E-state index in [9.17, 15) is 4.79 Å². The number of carbonyl (C=O) groups excluding carboxylic acids is 1. The summed E-state index contributed by atoms with van der Waals surface area (Å²) >= 11 is 6.11. The SMILES string of the molecule is Cc1cc(N(C(=O)C2CCC(C)CC2)C(C)C)ccc1Cl. The molecule has 0 unspecified atom stereocenters. The molecule has 1 aromatic rings. The number of carbonyl (C=O) groups is 1. The van der Waals surface area contributed by atoms with Crippen LogP contribution in [0.15, 0.2) is 18.2 Å². The van der Waals surface area contributed by atoms with Gasteiger partial charge in [-0.2, -0.15) is 0 Å². The maximum absolute atomic E-state index is 12.9. The maximum Gasteiger partial charge on any atom is 0.230 e. The average molecular weight is 308 g/mol. The van der Waals surface area contributed by atoms with E-state index in [2.05, 4.69) is 20.8 Å². The Morgan fingerprint density at radius 3 is 2.38 bits per heavy atom. The lowest BCUT2D eigenvalue weighted by molar-refractivity contribution is -0.123. The molecule has 2 nitrogen and oxygen atoms in total. The smallest absolute Gasteiger partial charge is 0.230 e. The molecule has 1 fully saturated rings. The molecular weight excluding hydrogens is 282 g/mol. The van der Waals surface area contributed by atoms with E-state index in [1.165, 1.54) is 12.8 Å². The van der Waals surface area contributed by atoms with Crippen molar-refractivity contribution in [3.8, 4) is 0 Å². The Kier molecular flexibility index (Phi) is 5.32. The Hall–Kier alpha value is -1.02. The maximum atomic E-state index is 12.9. The van der Waals surface area contributed by atoms with Gasteiger partial charge in [0.05, 0.1) is 0 Å². The van der Waals surface area contributed by atoms with Crippen molar-refractivity contribution in [3.05, 3.63) is 28.8 Å². The van der Waals surface area contributed by atoms with Gasteiger partial charge in [-0.1, -0.05) is 18.5 Å². The second kappa shape index (κ2) is 6.83. The van der Waals surface area contributed by atoms with E-state index in [4.69, 9.17) is 11.6 Å². The van der Waals surface area contributed by atoms with Crippen LogP contribution < -0.4 is 4.90 Å². The third-order valence-corrected chi connectivity index (χ3v) is 4.96. The second-order valence-corrected chi connectivity index (χ2v) is 7.10. The van der Waals surface area contributed by atoms with Crippen LogP contribution in [0, 0.1) is 18.8 Å². The molecule has 1 amide bonds. The fourth-order valence-electron chi connectivity index (χ4n) is 3.16. The Balaban J connectivity index is 2.22. The Labute approximate surface area is 133 Å². The molecule has 3 heteroatoms. The van der Waals surface area contributed by atoms with Gasteiger partial charge in [0, 0.05) is 22.7 Å². The van der Waals surface area contributed by atoms with Gasteiger partial charge in [-0.25, -0.2) is 0 Å². The van der Waals surface area contributed by atoms with E-state index in [1.807, 2.05) is 30.0 Å². The van der Waals surface area contributed by atoms with Crippen LogP contribution in [0.1, 0.15) is 52.0 Å². The molecule has 0 spiro atoms. The van der Waals surface area contributed by atoms with Crippen LogP contribution in [-0.4, -0.2) is 11.9 Å². The lowest BCUT2D eigenvalue weighted by Gasteiger charge is -2.33. The first kappa shape index (κ1) is 16.4. The molecule has 0 N–H and O–H groups in total. The molecule has 0 atom stereocenters. The molecule has 1 saturated carbocycles. The molecule has 0 aliphatic heterocycles. The summed E-state index contributed by atoms with van der Waals surface area (Å²) in [6, 6.07) is 6.03. The first-order chi connectivity index (χ1) is 9.90. The highest BCUT2D eigenvalue weighted by molar-refractivity contribution is 6.31. The van der Waals surface area contributed by atoms with Crippen LogP contribution in [0.25, 0.3) is 0 Å². The lowest BCUT2D eigenvalue weighted by atomic mass is 9.82. The standard InChI is InChI=1S/C18H26ClNO/c1-12(2)20(16-9-10-17(19)14(4)11-16)18(21)15-7-5-13(3)6-8-15/h9-13,15H,5-8H2,1-4H3. The van der Waals surface area contributed by atoms with Crippen LogP contribution in [-0.2, 0) is 4.79 Å². The van der Waals surface area contributed by atoms with Gasteiger partial charge in [0.1, 0.15) is 0 Å². The minimum Gasteiger partial charge on any atom is -0.310 e. The molecule has 2 rings (SSSR count). The van der Waals surface area contributed by atoms with Gasteiger partial charge >= 0.3 is 0 Å². The molecule has 1 aromatic carbocycles. The topological polar surface area (TPSA) is 20.3 Å². The number of amides is 1. The quantitative estimate of drug-likeness (QED) is 0.750. The van der Waals surface area contributed by atoms with Crippen molar-refractivity contribution in [2.45, 2.75) is 59.4 Å². The summed E-state index contributed by atoms with van der Waals surface area (Å²) in [5.41, 5.74) is 1.99. The predicted octanol–water partition coefficient (Wildman–Crippen LogP) is 5.22. The monoisotopic (exact) mass is 307 g/mol. The lowest BCUT2D eigenvalue weighted by Crippen LogP contribution is -2.42. The van der Waals surface area contributed by atoms with Crippen LogP contribution in [0.2, 0.25) is 5.02 Å². The summed E-state index contributed by atoms with van der Waals surface area (Å²) < 4.78 is 0. The molecule has 0 aromatic heterocycles. The van der Waals surface area contributed by atoms with Crippen molar-refractivity contribution in [2.75, 3.05) is 4.90 Å². The summed E-state index contributed by atoms with van der Waals surface area (Å²) in [7, 11) is 0. The Bertz CT molecular complexity index is 504. The van der Waals surface area contributed by atoms with E-state index in [1.54, 1.807) is 0 Å². The summed E-state index contributed by atoms with van der Waals surface area (Å²) in [5.74, 6) is 1.22. The van der Waals surface area contributed by atoms with E-state index in [0.29, 0.717) is 0 Å². The number of anilines is 1. The number of hydrogen-bond acceptors (Lipinski definition) is 1. The van der Waals surface area contributed by atoms with Gasteiger partial charge in [0.2, 0.25) is 5.91 Å². The molecule has 0 radical (unpaired) electrons. The Morgan fingerprint density at radius 1 is 1.24 bits per heavy atom. The molecule has 21 heavy (non-hydrogen) atoms. The highest BCUT2D eigenvalue weighted by Gasteiger charge is 2.30. The zero-order chi connectivity index (χ0) is 15.6. The van der Waals surface area contributed by atoms with E-state index in [-0.39, 0.29) is 17.9 Å². The summed E-state index contributed by atoms with van der Waals surface area (Å²) in [5, 5.41) is 0.751. The third-order valence-electron chi connectivity index (χ3n) is 4.54. The van der Waals surface area contributed by atoms with Crippen LogP contribution >= 0.6 is 11.6 Å². The molecule has 116 valence electrons. The number of nitrogens with zero attached hydrogens (tertiary/aromatic N) is 1. The Morgan fingerprint density at radius 2 is 1.86 bits per heavy atom. The van der Waals surface area contributed by atoms with Crippen molar-refractivity contribution >= 4 is 23.2 Å². The summed E-state index contributed by atoms with van der Waals surface area (Å²) in [4.78, 5) is 14.9. The van der Waals surface area contributed by atoms with Gasteiger partial charge in [0.25, 0.3) is 0 Å². The van der Waals surface area contributed by atoms with Crippen LogP contribution in [0.4, 0.5) is 5.69 Å². The molecule has 0 heterocycles. The van der Waals surface area contributed by atoms with Crippen LogP contribution in [0.5, 0.6) is 0 Å². The molecule has 0 bridgehead atoms. The van der Waals surface area contributed by atoms with E-state index in [0.717, 1.165) is 35.0 Å². The fourth-order valence-corrected chi connectivity index (χ4v) is 3.28. The average Bonchev–Trinajstić information content (AvgIpc) is 2.43. The molecule has 1 aliphatic carbocycles.